The van der Waals surface area contributed by atoms with Gasteiger partial charge in [0.25, 0.3) is 5.97 Å². The standard InChI is InChI=1S/C2H4O2.2H2O.Pb/c1-2(3)4;;;/h1H3,(H,3,4);2*1H2;. The van der Waals surface area contributed by atoms with E-state index >= 15 is 0 Å². The average molecular weight is 303 g/mol. The van der Waals surface area contributed by atoms with Crippen LogP contribution in [-0.2, 0) is 4.79 Å². The average Bonchev–Trinajstić information content (AvgIpc) is 0.811. The number of carboxylic acids is 1. The van der Waals surface area contributed by atoms with E-state index in [1.165, 1.54) is 0 Å². The molecule has 4 nitrogen and oxygen atoms in total. The molecule has 0 spiro atoms. The van der Waals surface area contributed by atoms with Gasteiger partial charge in [-0.05, 0) is 0 Å². The van der Waals surface area contributed by atoms with Crippen LogP contribution in [0.1, 0.15) is 6.92 Å². The van der Waals surface area contributed by atoms with E-state index in [0.717, 1.165) is 6.92 Å². The third-order valence-electron chi connectivity index (χ3n) is 0. The predicted octanol–water partition coefficient (Wildman–Crippen LogP) is -1.94. The fraction of sp³-hybridized carbons (Fsp3) is 0.500. The first-order chi connectivity index (χ1) is 1.73. The van der Waals surface area contributed by atoms with Gasteiger partial charge in [-0.1, -0.05) is 0 Å². The summed E-state index contributed by atoms with van der Waals surface area (Å²) in [5, 5.41) is 7.42. The zero-order chi connectivity index (χ0) is 3.58. The molecule has 0 heterocycles. The van der Waals surface area contributed by atoms with Crippen LogP contribution < -0.4 is 0 Å². The first-order valence-corrected chi connectivity index (χ1v) is 0.928. The summed E-state index contributed by atoms with van der Waals surface area (Å²) in [7, 11) is 0. The van der Waals surface area contributed by atoms with Gasteiger partial charge in [-0.15, -0.1) is 0 Å². The Balaban J connectivity index is -0.0000000150. The van der Waals surface area contributed by atoms with Crippen LogP contribution in [0.2, 0.25) is 0 Å². The van der Waals surface area contributed by atoms with Gasteiger partial charge in [0, 0.05) is 34.2 Å². The summed E-state index contributed by atoms with van der Waals surface area (Å²) in [6.45, 7) is 1.08. The van der Waals surface area contributed by atoms with Gasteiger partial charge in [-0.25, -0.2) is 0 Å². The first-order valence-electron chi connectivity index (χ1n) is 0.928. The summed E-state index contributed by atoms with van der Waals surface area (Å²) in [4.78, 5) is 9.00. The Morgan fingerprint density at radius 2 is 1.43 bits per heavy atom. The van der Waals surface area contributed by atoms with Crippen molar-refractivity contribution in [2.45, 2.75) is 6.92 Å². The first kappa shape index (κ1) is 26.6. The molecule has 0 unspecified atom stereocenters. The Hall–Kier alpha value is 0.312. The van der Waals surface area contributed by atoms with Crippen LogP contribution in [0.15, 0.2) is 0 Å². The fourth-order valence-corrected chi connectivity index (χ4v) is 0. The maximum Gasteiger partial charge on any atom is 0.300 e. The largest absolute Gasteiger partial charge is 0.481 e. The summed E-state index contributed by atoms with van der Waals surface area (Å²) < 4.78 is 0. The molecule has 0 aromatic carbocycles. The van der Waals surface area contributed by atoms with Crippen molar-refractivity contribution >= 4 is 33.3 Å². The van der Waals surface area contributed by atoms with Gasteiger partial charge in [0.15, 0.2) is 0 Å². The van der Waals surface area contributed by atoms with Crippen molar-refractivity contribution in [3.8, 4) is 0 Å². The van der Waals surface area contributed by atoms with Crippen molar-refractivity contribution in [3.63, 3.8) is 0 Å². The predicted molar refractivity (Wildman–Crippen MR) is 26.3 cm³/mol. The molecule has 0 rings (SSSR count). The Morgan fingerprint density at radius 3 is 1.43 bits per heavy atom. The number of rotatable bonds is 0. The molecule has 0 saturated carbocycles. The van der Waals surface area contributed by atoms with Crippen molar-refractivity contribution in [2.75, 3.05) is 0 Å². The molecular formula is C2H8O4Pb. The molecule has 0 aliphatic heterocycles. The molecule has 4 radical (unpaired) electrons. The second kappa shape index (κ2) is 16.2. The molecule has 5 heteroatoms. The molecule has 5 N–H and O–H groups in total. The topological polar surface area (TPSA) is 100 Å². The smallest absolute Gasteiger partial charge is 0.300 e. The summed E-state index contributed by atoms with van der Waals surface area (Å²) in [6, 6.07) is 0. The zero-order valence-corrected chi connectivity index (χ0v) is 7.74. The van der Waals surface area contributed by atoms with Crippen molar-refractivity contribution < 1.29 is 20.9 Å². The van der Waals surface area contributed by atoms with E-state index in [2.05, 4.69) is 0 Å². The van der Waals surface area contributed by atoms with E-state index in [-0.39, 0.29) is 38.3 Å². The number of hydrogen-bond acceptors (Lipinski definition) is 1. The van der Waals surface area contributed by atoms with Gasteiger partial charge in [0.2, 0.25) is 0 Å². The van der Waals surface area contributed by atoms with Crippen LogP contribution in [0.5, 0.6) is 0 Å². The van der Waals surface area contributed by atoms with E-state index in [1.807, 2.05) is 0 Å². The van der Waals surface area contributed by atoms with E-state index < -0.39 is 5.97 Å². The van der Waals surface area contributed by atoms with Gasteiger partial charge < -0.3 is 16.1 Å². The van der Waals surface area contributed by atoms with Gasteiger partial charge in [0.1, 0.15) is 0 Å². The summed E-state index contributed by atoms with van der Waals surface area (Å²) >= 11 is 0. The molecule has 0 atom stereocenters. The summed E-state index contributed by atoms with van der Waals surface area (Å²) in [5.41, 5.74) is 0. The third kappa shape index (κ3) is 1210. The SMILES string of the molecule is CC(=O)O.O.O.[Pb]. The Bertz CT molecular complexity index is 32.7. The molecule has 0 aromatic rings. The van der Waals surface area contributed by atoms with Gasteiger partial charge >= 0.3 is 0 Å². The minimum absolute atomic E-state index is 0. The molecule has 0 aromatic heterocycles. The van der Waals surface area contributed by atoms with Crippen LogP contribution >= 0.6 is 0 Å². The minimum Gasteiger partial charge on any atom is -0.481 e. The number of carboxylic acid groups (broad SMARTS) is 1. The number of hydrogen-bond donors (Lipinski definition) is 1. The normalized spacial score (nSPS) is 3.57. The number of carbonyl (C=O) groups is 1. The zero-order valence-electron chi connectivity index (χ0n) is 3.86. The quantitative estimate of drug-likeness (QED) is 0.527. The second-order valence-electron chi connectivity index (χ2n) is 0.519. The fourth-order valence-electron chi connectivity index (χ4n) is 0. The van der Waals surface area contributed by atoms with Crippen LogP contribution in [-0.4, -0.2) is 49.3 Å². The van der Waals surface area contributed by atoms with Crippen molar-refractivity contribution in [1.29, 1.82) is 0 Å². The molecule has 7 heavy (non-hydrogen) atoms. The molecule has 44 valence electrons. The number of aliphatic carboxylic acids is 1. The van der Waals surface area contributed by atoms with Crippen LogP contribution in [0, 0.1) is 0 Å². The molecule has 0 aliphatic carbocycles. The van der Waals surface area contributed by atoms with Gasteiger partial charge in [-0.2, -0.15) is 0 Å². The van der Waals surface area contributed by atoms with Crippen molar-refractivity contribution in [1.82, 2.24) is 0 Å². The van der Waals surface area contributed by atoms with Gasteiger partial charge in [-0.3, -0.25) is 4.79 Å². The van der Waals surface area contributed by atoms with Crippen molar-refractivity contribution in [3.05, 3.63) is 0 Å². The molecule has 0 aliphatic rings. The molecule has 0 fully saturated rings. The molecular weight excluding hydrogens is 295 g/mol. The summed E-state index contributed by atoms with van der Waals surface area (Å²) in [5.74, 6) is -0.833. The monoisotopic (exact) mass is 304 g/mol. The minimum atomic E-state index is -0.833. The van der Waals surface area contributed by atoms with E-state index in [4.69, 9.17) is 9.90 Å². The van der Waals surface area contributed by atoms with Crippen molar-refractivity contribution in [2.24, 2.45) is 0 Å². The Kier molecular flexibility index (Phi) is 61.6. The van der Waals surface area contributed by atoms with E-state index in [0.29, 0.717) is 0 Å². The third-order valence-corrected chi connectivity index (χ3v) is 0. The van der Waals surface area contributed by atoms with Crippen LogP contribution in [0.3, 0.4) is 0 Å². The van der Waals surface area contributed by atoms with Crippen LogP contribution in [0.25, 0.3) is 0 Å². The molecule has 0 bridgehead atoms. The Labute approximate surface area is 61.3 Å². The molecule has 0 saturated heterocycles. The molecule has 0 amide bonds. The van der Waals surface area contributed by atoms with Crippen LogP contribution in [0.4, 0.5) is 0 Å². The van der Waals surface area contributed by atoms with Gasteiger partial charge in [0.05, 0.1) is 0 Å². The van der Waals surface area contributed by atoms with E-state index in [9.17, 15) is 0 Å². The summed E-state index contributed by atoms with van der Waals surface area (Å²) in [6.07, 6.45) is 0. The maximum absolute atomic E-state index is 9.00. The Morgan fingerprint density at radius 1 is 1.43 bits per heavy atom. The second-order valence-corrected chi connectivity index (χ2v) is 0.519. The maximum atomic E-state index is 9.00. The van der Waals surface area contributed by atoms with E-state index in [1.54, 1.807) is 0 Å².